The smallest absolute Gasteiger partial charge is 0.257 e. The topological polar surface area (TPSA) is 52.6 Å². The molecule has 21 heavy (non-hydrogen) atoms. The van der Waals surface area contributed by atoms with Gasteiger partial charge in [-0.05, 0) is 24.6 Å². The summed E-state index contributed by atoms with van der Waals surface area (Å²) in [7, 11) is 0. The van der Waals surface area contributed by atoms with E-state index in [1.54, 1.807) is 0 Å². The molecule has 0 bridgehead atoms. The van der Waals surface area contributed by atoms with Crippen LogP contribution in [0.2, 0.25) is 0 Å². The van der Waals surface area contributed by atoms with Gasteiger partial charge in [-0.1, -0.05) is 36.4 Å². The zero-order valence-electron chi connectivity index (χ0n) is 11.9. The van der Waals surface area contributed by atoms with Crippen LogP contribution < -0.4 is 10.2 Å². The van der Waals surface area contributed by atoms with Gasteiger partial charge in [0.15, 0.2) is 6.10 Å². The second-order valence-electron chi connectivity index (χ2n) is 5.16. The van der Waals surface area contributed by atoms with E-state index in [-0.39, 0.29) is 5.91 Å². The molecule has 0 saturated carbocycles. The minimum absolute atomic E-state index is 0.353. The average molecular weight is 282 g/mol. The number of benzene rings is 2. The van der Waals surface area contributed by atoms with Gasteiger partial charge in [0.1, 0.15) is 0 Å². The molecule has 1 unspecified atom stereocenters. The molecule has 2 N–H and O–H groups in total. The molecule has 1 atom stereocenters. The summed E-state index contributed by atoms with van der Waals surface area (Å²) in [6.45, 7) is 3.78. The molecule has 1 heterocycles. The molecule has 0 aliphatic carbocycles. The van der Waals surface area contributed by atoms with Crippen LogP contribution >= 0.6 is 0 Å². The fourth-order valence-electron chi connectivity index (χ4n) is 2.62. The molecule has 2 aromatic carbocycles. The highest BCUT2D eigenvalue weighted by Crippen LogP contribution is 2.34. The van der Waals surface area contributed by atoms with E-state index < -0.39 is 6.10 Å². The number of anilines is 2. The lowest BCUT2D eigenvalue weighted by Gasteiger charge is -2.24. The van der Waals surface area contributed by atoms with Gasteiger partial charge in [0, 0.05) is 30.0 Å². The summed E-state index contributed by atoms with van der Waals surface area (Å²) in [5, 5.41) is 12.5. The SMILES string of the molecule is CCN(Cc1ccccc1)c1ccc2c(c1)NC(=O)C2O. The number of hydrogen-bond donors (Lipinski definition) is 2. The number of amides is 1. The maximum absolute atomic E-state index is 11.5. The Kier molecular flexibility index (Phi) is 3.62. The van der Waals surface area contributed by atoms with Crippen molar-refractivity contribution in [1.82, 2.24) is 0 Å². The predicted octanol–water partition coefficient (Wildman–Crippen LogP) is 2.70. The number of rotatable bonds is 4. The van der Waals surface area contributed by atoms with Crippen LogP contribution in [0, 0.1) is 0 Å². The lowest BCUT2D eigenvalue weighted by molar-refractivity contribution is -0.123. The highest BCUT2D eigenvalue weighted by Gasteiger charge is 2.28. The Morgan fingerprint density at radius 1 is 1.19 bits per heavy atom. The number of aliphatic hydroxyl groups is 1. The molecule has 3 rings (SSSR count). The monoisotopic (exact) mass is 282 g/mol. The molecule has 4 nitrogen and oxygen atoms in total. The van der Waals surface area contributed by atoms with Gasteiger partial charge in [-0.25, -0.2) is 0 Å². The van der Waals surface area contributed by atoms with Gasteiger partial charge in [-0.3, -0.25) is 4.79 Å². The second kappa shape index (κ2) is 5.58. The second-order valence-corrected chi connectivity index (χ2v) is 5.16. The number of fused-ring (bicyclic) bond motifs is 1. The molecule has 0 saturated heterocycles. The van der Waals surface area contributed by atoms with E-state index in [4.69, 9.17) is 0 Å². The van der Waals surface area contributed by atoms with Crippen molar-refractivity contribution in [2.24, 2.45) is 0 Å². The van der Waals surface area contributed by atoms with E-state index in [9.17, 15) is 9.90 Å². The standard InChI is InChI=1S/C17H18N2O2/c1-2-19(11-12-6-4-3-5-7-12)13-8-9-14-15(10-13)18-17(21)16(14)20/h3-10,16,20H,2,11H2,1H3,(H,18,21). The van der Waals surface area contributed by atoms with Crippen LogP contribution in [0.3, 0.4) is 0 Å². The third-order valence-corrected chi connectivity index (χ3v) is 3.80. The van der Waals surface area contributed by atoms with Crippen molar-refractivity contribution in [3.63, 3.8) is 0 Å². The molecule has 0 fully saturated rings. The average Bonchev–Trinajstić information content (AvgIpc) is 2.80. The normalized spacial score (nSPS) is 16.5. The largest absolute Gasteiger partial charge is 0.378 e. The first-order valence-electron chi connectivity index (χ1n) is 7.11. The maximum Gasteiger partial charge on any atom is 0.257 e. The van der Waals surface area contributed by atoms with Gasteiger partial charge in [0.25, 0.3) is 5.91 Å². The highest BCUT2D eigenvalue weighted by molar-refractivity contribution is 6.02. The number of carbonyl (C=O) groups excluding carboxylic acids is 1. The van der Waals surface area contributed by atoms with Crippen LogP contribution in [0.5, 0.6) is 0 Å². The maximum atomic E-state index is 11.5. The molecule has 1 aliphatic rings. The summed E-state index contributed by atoms with van der Waals surface area (Å²) in [6, 6.07) is 16.0. The molecule has 1 aliphatic heterocycles. The molecular weight excluding hydrogens is 264 g/mol. The number of nitrogens with one attached hydrogen (secondary N) is 1. The number of nitrogens with zero attached hydrogens (tertiary/aromatic N) is 1. The Morgan fingerprint density at radius 2 is 1.95 bits per heavy atom. The van der Waals surface area contributed by atoms with Crippen molar-refractivity contribution < 1.29 is 9.90 Å². The van der Waals surface area contributed by atoms with Crippen molar-refractivity contribution in [3.05, 3.63) is 59.7 Å². The summed E-state index contributed by atoms with van der Waals surface area (Å²) in [5.41, 5.74) is 3.63. The minimum atomic E-state index is -1.04. The molecule has 108 valence electrons. The third kappa shape index (κ3) is 2.62. The van der Waals surface area contributed by atoms with Gasteiger partial charge in [0.05, 0.1) is 0 Å². The zero-order valence-corrected chi connectivity index (χ0v) is 11.9. The van der Waals surface area contributed by atoms with E-state index in [2.05, 4.69) is 29.3 Å². The van der Waals surface area contributed by atoms with Crippen molar-refractivity contribution in [2.75, 3.05) is 16.8 Å². The molecule has 1 amide bonds. The Bertz CT molecular complexity index is 655. The van der Waals surface area contributed by atoms with Crippen molar-refractivity contribution in [3.8, 4) is 0 Å². The Balaban J connectivity index is 1.86. The molecule has 0 radical (unpaired) electrons. The first-order chi connectivity index (χ1) is 10.2. The molecular formula is C17H18N2O2. The van der Waals surface area contributed by atoms with E-state index in [1.165, 1.54) is 5.56 Å². The van der Waals surface area contributed by atoms with E-state index in [0.717, 1.165) is 18.8 Å². The summed E-state index contributed by atoms with van der Waals surface area (Å²) < 4.78 is 0. The number of carbonyl (C=O) groups is 1. The number of hydrogen-bond acceptors (Lipinski definition) is 3. The van der Waals surface area contributed by atoms with Crippen LogP contribution in [0.15, 0.2) is 48.5 Å². The van der Waals surface area contributed by atoms with Crippen molar-refractivity contribution >= 4 is 17.3 Å². The Hall–Kier alpha value is -2.33. The highest BCUT2D eigenvalue weighted by atomic mass is 16.3. The lowest BCUT2D eigenvalue weighted by atomic mass is 10.1. The van der Waals surface area contributed by atoms with E-state index in [1.807, 2.05) is 36.4 Å². The van der Waals surface area contributed by atoms with Gasteiger partial charge in [-0.15, -0.1) is 0 Å². The van der Waals surface area contributed by atoms with Gasteiger partial charge >= 0.3 is 0 Å². The molecule has 4 heteroatoms. The minimum Gasteiger partial charge on any atom is -0.378 e. The first-order valence-corrected chi connectivity index (χ1v) is 7.11. The number of aliphatic hydroxyl groups excluding tert-OH is 1. The predicted molar refractivity (Wildman–Crippen MR) is 83.2 cm³/mol. The summed E-state index contributed by atoms with van der Waals surface area (Å²) in [5.74, 6) is -0.353. The zero-order chi connectivity index (χ0) is 14.8. The van der Waals surface area contributed by atoms with E-state index >= 15 is 0 Å². The van der Waals surface area contributed by atoms with Gasteiger partial charge in [-0.2, -0.15) is 0 Å². The van der Waals surface area contributed by atoms with Crippen molar-refractivity contribution in [2.45, 2.75) is 19.6 Å². The Labute approximate surface area is 124 Å². The van der Waals surface area contributed by atoms with Crippen LogP contribution in [0.25, 0.3) is 0 Å². The summed E-state index contributed by atoms with van der Waals surface area (Å²) in [6.07, 6.45) is -1.04. The molecule has 0 spiro atoms. The van der Waals surface area contributed by atoms with E-state index in [0.29, 0.717) is 11.3 Å². The quantitative estimate of drug-likeness (QED) is 0.906. The third-order valence-electron chi connectivity index (χ3n) is 3.80. The molecule has 0 aromatic heterocycles. The fraction of sp³-hybridized carbons (Fsp3) is 0.235. The first kappa shape index (κ1) is 13.6. The van der Waals surface area contributed by atoms with Crippen LogP contribution in [-0.2, 0) is 11.3 Å². The molecule has 2 aromatic rings. The fourth-order valence-corrected chi connectivity index (χ4v) is 2.62. The Morgan fingerprint density at radius 3 is 2.67 bits per heavy atom. The van der Waals surface area contributed by atoms with Crippen LogP contribution in [0.1, 0.15) is 24.2 Å². The lowest BCUT2D eigenvalue weighted by Crippen LogP contribution is -2.21. The van der Waals surface area contributed by atoms with Crippen LogP contribution in [-0.4, -0.2) is 17.6 Å². The van der Waals surface area contributed by atoms with Gasteiger partial charge < -0.3 is 15.3 Å². The van der Waals surface area contributed by atoms with Crippen LogP contribution in [0.4, 0.5) is 11.4 Å². The van der Waals surface area contributed by atoms with Gasteiger partial charge in [0.2, 0.25) is 0 Å². The summed E-state index contributed by atoms with van der Waals surface area (Å²) >= 11 is 0. The summed E-state index contributed by atoms with van der Waals surface area (Å²) in [4.78, 5) is 13.7. The van der Waals surface area contributed by atoms with Crippen molar-refractivity contribution in [1.29, 1.82) is 0 Å².